The lowest BCUT2D eigenvalue weighted by atomic mass is 10.1. The molecule has 0 saturated carbocycles. The quantitative estimate of drug-likeness (QED) is 0.841. The molecule has 1 amide bonds. The maximum absolute atomic E-state index is 12.6. The third kappa shape index (κ3) is 4.68. The van der Waals surface area contributed by atoms with Gasteiger partial charge < -0.3 is 5.32 Å². The lowest BCUT2D eigenvalue weighted by Crippen LogP contribution is -2.39. The summed E-state index contributed by atoms with van der Waals surface area (Å²) in [5.41, 5.74) is 1.70. The van der Waals surface area contributed by atoms with E-state index in [-0.39, 0.29) is 18.0 Å². The highest BCUT2D eigenvalue weighted by atomic mass is 16.2. The maximum Gasteiger partial charge on any atom is 0.242 e. The number of hydrogen-bond acceptors (Lipinski definition) is 4. The lowest BCUT2D eigenvalue weighted by molar-refractivity contribution is -0.120. The maximum atomic E-state index is 12.6. The van der Waals surface area contributed by atoms with Gasteiger partial charge in [0.1, 0.15) is 5.82 Å². The highest BCUT2D eigenvalue weighted by molar-refractivity contribution is 5.93. The number of carbonyl (C=O) groups excluding carboxylic acids is 1. The number of hydrogen-bond donors (Lipinski definition) is 1. The van der Waals surface area contributed by atoms with E-state index in [4.69, 9.17) is 5.26 Å². The SMILES string of the molecule is CC[C@@H](C)n1nccc1NC(=O)[C@H](C)N(C)Cc1ccc(C#N)cc1. The van der Waals surface area contributed by atoms with Crippen LogP contribution in [0.15, 0.2) is 36.5 Å². The van der Waals surface area contributed by atoms with Crippen molar-refractivity contribution in [3.63, 3.8) is 0 Å². The Morgan fingerprint density at radius 1 is 1.32 bits per heavy atom. The number of nitrogens with zero attached hydrogens (tertiary/aromatic N) is 4. The Kier molecular flexibility index (Phi) is 6.31. The smallest absolute Gasteiger partial charge is 0.242 e. The molecule has 0 aliphatic rings. The summed E-state index contributed by atoms with van der Waals surface area (Å²) in [5.74, 6) is 0.652. The van der Waals surface area contributed by atoms with Crippen LogP contribution in [0.25, 0.3) is 0 Å². The van der Waals surface area contributed by atoms with Crippen molar-refractivity contribution in [3.05, 3.63) is 47.7 Å². The van der Waals surface area contributed by atoms with Gasteiger partial charge in [-0.05, 0) is 45.0 Å². The van der Waals surface area contributed by atoms with Gasteiger partial charge in [0, 0.05) is 12.6 Å². The molecule has 6 heteroatoms. The first-order valence-electron chi connectivity index (χ1n) is 8.50. The molecule has 0 aliphatic heterocycles. The van der Waals surface area contributed by atoms with E-state index < -0.39 is 0 Å². The van der Waals surface area contributed by atoms with Crippen LogP contribution in [-0.4, -0.2) is 33.7 Å². The minimum absolute atomic E-state index is 0.0683. The molecule has 2 rings (SSSR count). The minimum Gasteiger partial charge on any atom is -0.310 e. The van der Waals surface area contributed by atoms with Crippen LogP contribution < -0.4 is 5.32 Å². The summed E-state index contributed by atoms with van der Waals surface area (Å²) in [6.45, 7) is 6.67. The summed E-state index contributed by atoms with van der Waals surface area (Å²) in [6.07, 6.45) is 2.64. The fraction of sp³-hybridized carbons (Fsp3) is 0.421. The standard InChI is InChI=1S/C19H25N5O/c1-5-14(2)24-18(10-11-21-24)22-19(25)15(3)23(4)13-17-8-6-16(12-20)7-9-17/h6-11,14-15H,5,13H2,1-4H3,(H,22,25)/t14-,15+/m1/s1. The van der Waals surface area contributed by atoms with Crippen molar-refractivity contribution in [2.24, 2.45) is 0 Å². The molecule has 0 bridgehead atoms. The zero-order valence-corrected chi connectivity index (χ0v) is 15.2. The van der Waals surface area contributed by atoms with Crippen LogP contribution in [0.4, 0.5) is 5.82 Å². The molecular formula is C19H25N5O. The van der Waals surface area contributed by atoms with E-state index in [0.717, 1.165) is 17.8 Å². The molecule has 1 N–H and O–H groups in total. The number of amides is 1. The van der Waals surface area contributed by atoms with Crippen LogP contribution >= 0.6 is 0 Å². The summed E-state index contributed by atoms with van der Waals surface area (Å²) in [5, 5.41) is 16.1. The van der Waals surface area contributed by atoms with Gasteiger partial charge in [0.05, 0.1) is 29.9 Å². The number of nitriles is 1. The molecule has 1 heterocycles. The number of likely N-dealkylation sites (N-methyl/N-ethyl adjacent to an activating group) is 1. The number of anilines is 1. The van der Waals surface area contributed by atoms with E-state index in [9.17, 15) is 4.79 Å². The monoisotopic (exact) mass is 339 g/mol. The molecule has 6 nitrogen and oxygen atoms in total. The number of rotatable bonds is 7. The average molecular weight is 339 g/mol. The van der Waals surface area contributed by atoms with Crippen molar-refractivity contribution >= 4 is 11.7 Å². The predicted molar refractivity (Wildman–Crippen MR) is 97.9 cm³/mol. The molecule has 0 aliphatic carbocycles. The van der Waals surface area contributed by atoms with Gasteiger partial charge in [-0.3, -0.25) is 9.69 Å². The average Bonchev–Trinajstić information content (AvgIpc) is 3.08. The molecule has 2 aromatic rings. The summed E-state index contributed by atoms with van der Waals surface area (Å²) in [7, 11) is 1.91. The zero-order valence-electron chi connectivity index (χ0n) is 15.2. The van der Waals surface area contributed by atoms with Crippen LogP contribution in [-0.2, 0) is 11.3 Å². The molecule has 0 saturated heterocycles. The third-order valence-corrected chi connectivity index (χ3v) is 4.49. The first-order valence-corrected chi connectivity index (χ1v) is 8.50. The first kappa shape index (κ1) is 18.7. The number of nitrogens with one attached hydrogen (secondary N) is 1. The molecule has 132 valence electrons. The largest absolute Gasteiger partial charge is 0.310 e. The first-order chi connectivity index (χ1) is 12.0. The van der Waals surface area contributed by atoms with E-state index in [1.54, 1.807) is 18.3 Å². The summed E-state index contributed by atoms with van der Waals surface area (Å²) >= 11 is 0. The summed E-state index contributed by atoms with van der Waals surface area (Å²) in [6, 6.07) is 11.3. The Hall–Kier alpha value is -2.65. The molecule has 25 heavy (non-hydrogen) atoms. The highest BCUT2D eigenvalue weighted by Crippen LogP contribution is 2.17. The lowest BCUT2D eigenvalue weighted by Gasteiger charge is -2.24. The Bertz CT molecular complexity index is 744. The molecule has 2 atom stereocenters. The van der Waals surface area contributed by atoms with Crippen molar-refractivity contribution < 1.29 is 4.79 Å². The molecule has 0 fully saturated rings. The molecule has 1 aromatic heterocycles. The van der Waals surface area contributed by atoms with Crippen molar-refractivity contribution in [2.75, 3.05) is 12.4 Å². The number of carbonyl (C=O) groups is 1. The van der Waals surface area contributed by atoms with Gasteiger partial charge in [0.25, 0.3) is 0 Å². The van der Waals surface area contributed by atoms with Gasteiger partial charge in [-0.25, -0.2) is 4.68 Å². The fourth-order valence-electron chi connectivity index (χ4n) is 2.48. The van der Waals surface area contributed by atoms with E-state index in [2.05, 4.69) is 30.3 Å². The van der Waals surface area contributed by atoms with Crippen molar-refractivity contribution in [1.82, 2.24) is 14.7 Å². The zero-order chi connectivity index (χ0) is 18.4. The number of aromatic nitrogens is 2. The topological polar surface area (TPSA) is 74.0 Å². The summed E-state index contributed by atoms with van der Waals surface area (Å²) in [4.78, 5) is 14.5. The third-order valence-electron chi connectivity index (χ3n) is 4.49. The fourth-order valence-corrected chi connectivity index (χ4v) is 2.48. The second-order valence-corrected chi connectivity index (χ2v) is 6.31. The van der Waals surface area contributed by atoms with Gasteiger partial charge >= 0.3 is 0 Å². The van der Waals surface area contributed by atoms with Gasteiger partial charge in [-0.1, -0.05) is 19.1 Å². The van der Waals surface area contributed by atoms with Gasteiger partial charge in [-0.15, -0.1) is 0 Å². The van der Waals surface area contributed by atoms with Crippen LogP contribution in [0.2, 0.25) is 0 Å². The Labute approximate surface area is 149 Å². The minimum atomic E-state index is -0.295. The van der Waals surface area contributed by atoms with Crippen LogP contribution in [0.5, 0.6) is 0 Å². The molecule has 1 aromatic carbocycles. The Morgan fingerprint density at radius 2 is 2.00 bits per heavy atom. The van der Waals surface area contributed by atoms with Gasteiger partial charge in [0.15, 0.2) is 0 Å². The Balaban J connectivity index is 1.99. The van der Waals surface area contributed by atoms with E-state index in [1.807, 2.05) is 41.8 Å². The van der Waals surface area contributed by atoms with Gasteiger partial charge in [-0.2, -0.15) is 10.4 Å². The highest BCUT2D eigenvalue weighted by Gasteiger charge is 2.20. The molecule has 0 unspecified atom stereocenters. The molecule has 0 radical (unpaired) electrons. The van der Waals surface area contributed by atoms with Crippen molar-refractivity contribution in [1.29, 1.82) is 5.26 Å². The molecular weight excluding hydrogens is 314 g/mol. The predicted octanol–water partition coefficient (Wildman–Crippen LogP) is 3.18. The second-order valence-electron chi connectivity index (χ2n) is 6.31. The van der Waals surface area contributed by atoms with E-state index in [1.165, 1.54) is 0 Å². The number of benzene rings is 1. The normalized spacial score (nSPS) is 13.3. The second kappa shape index (κ2) is 8.45. The van der Waals surface area contributed by atoms with E-state index in [0.29, 0.717) is 12.1 Å². The molecule has 0 spiro atoms. The van der Waals surface area contributed by atoms with Crippen LogP contribution in [0, 0.1) is 11.3 Å². The van der Waals surface area contributed by atoms with Crippen molar-refractivity contribution in [3.8, 4) is 6.07 Å². The Morgan fingerprint density at radius 3 is 2.60 bits per heavy atom. The van der Waals surface area contributed by atoms with Crippen molar-refractivity contribution in [2.45, 2.75) is 45.8 Å². The summed E-state index contributed by atoms with van der Waals surface area (Å²) < 4.78 is 1.84. The van der Waals surface area contributed by atoms with E-state index >= 15 is 0 Å². The van der Waals surface area contributed by atoms with Crippen LogP contribution in [0.3, 0.4) is 0 Å². The van der Waals surface area contributed by atoms with Crippen LogP contribution in [0.1, 0.15) is 44.4 Å². The van der Waals surface area contributed by atoms with Gasteiger partial charge in [0.2, 0.25) is 5.91 Å².